The van der Waals surface area contributed by atoms with E-state index in [2.05, 4.69) is 10.4 Å². The first-order valence-corrected chi connectivity index (χ1v) is 8.35. The van der Waals surface area contributed by atoms with Crippen molar-refractivity contribution in [3.05, 3.63) is 60.2 Å². The Bertz CT molecular complexity index is 931. The molecule has 0 atom stereocenters. The van der Waals surface area contributed by atoms with Crippen molar-refractivity contribution in [1.82, 2.24) is 15.1 Å². The van der Waals surface area contributed by atoms with E-state index < -0.39 is 5.91 Å². The van der Waals surface area contributed by atoms with Crippen LogP contribution in [0.5, 0.6) is 11.5 Å². The fourth-order valence-corrected chi connectivity index (χ4v) is 2.92. The number of para-hydroxylation sites is 1. The van der Waals surface area contributed by atoms with Gasteiger partial charge < -0.3 is 21.5 Å². The van der Waals surface area contributed by atoms with E-state index in [0.29, 0.717) is 17.3 Å². The van der Waals surface area contributed by atoms with Gasteiger partial charge >= 0.3 is 0 Å². The van der Waals surface area contributed by atoms with Crippen LogP contribution < -0.4 is 21.5 Å². The predicted molar refractivity (Wildman–Crippen MR) is 99.0 cm³/mol. The van der Waals surface area contributed by atoms with E-state index in [1.165, 1.54) is 0 Å². The Balaban J connectivity index is 1.65. The zero-order valence-corrected chi connectivity index (χ0v) is 14.1. The molecule has 1 amide bonds. The van der Waals surface area contributed by atoms with Crippen molar-refractivity contribution in [2.45, 2.75) is 6.04 Å². The summed E-state index contributed by atoms with van der Waals surface area (Å²) in [4.78, 5) is 11.9. The van der Waals surface area contributed by atoms with E-state index in [1.807, 2.05) is 54.6 Å². The van der Waals surface area contributed by atoms with E-state index in [9.17, 15) is 4.79 Å². The maximum Gasteiger partial charge on any atom is 0.254 e. The van der Waals surface area contributed by atoms with Crippen LogP contribution in [0.15, 0.2) is 54.6 Å². The number of nitrogens with zero attached hydrogens (tertiary/aromatic N) is 2. The maximum absolute atomic E-state index is 11.9. The molecule has 26 heavy (non-hydrogen) atoms. The Hall–Kier alpha value is -3.32. The Morgan fingerprint density at radius 1 is 1.08 bits per heavy atom. The van der Waals surface area contributed by atoms with Crippen LogP contribution in [0.3, 0.4) is 0 Å². The Morgan fingerprint density at radius 3 is 2.31 bits per heavy atom. The quantitative estimate of drug-likeness (QED) is 0.654. The second-order valence-electron chi connectivity index (χ2n) is 6.17. The van der Waals surface area contributed by atoms with Crippen LogP contribution in [0.2, 0.25) is 0 Å². The molecule has 5 N–H and O–H groups in total. The van der Waals surface area contributed by atoms with E-state index >= 15 is 0 Å². The largest absolute Gasteiger partial charge is 0.457 e. The molecule has 2 aromatic carbocycles. The van der Waals surface area contributed by atoms with Crippen LogP contribution in [0.4, 0.5) is 5.82 Å². The highest BCUT2D eigenvalue weighted by Crippen LogP contribution is 2.31. The van der Waals surface area contributed by atoms with Gasteiger partial charge in [-0.05, 0) is 36.4 Å². The molecule has 1 saturated heterocycles. The summed E-state index contributed by atoms with van der Waals surface area (Å²) >= 11 is 0. The molecule has 7 nitrogen and oxygen atoms in total. The summed E-state index contributed by atoms with van der Waals surface area (Å²) in [7, 11) is 0. The molecule has 2 heterocycles. The standard InChI is InChI=1S/C19H19N5O2/c20-18-16(19(21)25)17(23-24(18)13-10-22-11-13)12-6-8-15(9-7-12)26-14-4-2-1-3-5-14/h1-9,13,22H,10-11,20H2,(H2,21,25). The zero-order valence-electron chi connectivity index (χ0n) is 14.1. The third kappa shape index (κ3) is 2.89. The Labute approximate surface area is 150 Å². The van der Waals surface area contributed by atoms with Gasteiger partial charge in [0.15, 0.2) is 0 Å². The van der Waals surface area contributed by atoms with Gasteiger partial charge in [0.05, 0.1) is 6.04 Å². The highest BCUT2D eigenvalue weighted by molar-refractivity contribution is 6.03. The average molecular weight is 349 g/mol. The Kier molecular flexibility index (Phi) is 4.06. The first kappa shape index (κ1) is 16.2. The lowest BCUT2D eigenvalue weighted by molar-refractivity contribution is 0.100. The van der Waals surface area contributed by atoms with Gasteiger partial charge in [0.1, 0.15) is 28.6 Å². The van der Waals surface area contributed by atoms with Crippen molar-refractivity contribution < 1.29 is 9.53 Å². The van der Waals surface area contributed by atoms with Gasteiger partial charge in [-0.15, -0.1) is 0 Å². The molecule has 1 aromatic heterocycles. The molecule has 0 aliphatic carbocycles. The molecule has 132 valence electrons. The van der Waals surface area contributed by atoms with Gasteiger partial charge in [0.25, 0.3) is 5.91 Å². The van der Waals surface area contributed by atoms with Crippen LogP contribution in [-0.2, 0) is 0 Å². The lowest BCUT2D eigenvalue weighted by Crippen LogP contribution is -2.44. The highest BCUT2D eigenvalue weighted by atomic mass is 16.5. The third-order valence-electron chi connectivity index (χ3n) is 4.41. The van der Waals surface area contributed by atoms with Crippen molar-refractivity contribution in [3.63, 3.8) is 0 Å². The number of nitrogen functional groups attached to an aromatic ring is 1. The van der Waals surface area contributed by atoms with E-state index in [-0.39, 0.29) is 11.6 Å². The molecule has 1 fully saturated rings. The lowest BCUT2D eigenvalue weighted by Gasteiger charge is -2.28. The third-order valence-corrected chi connectivity index (χ3v) is 4.41. The van der Waals surface area contributed by atoms with Crippen LogP contribution in [0.25, 0.3) is 11.3 Å². The molecule has 4 rings (SSSR count). The first-order chi connectivity index (χ1) is 12.6. The molecule has 1 aliphatic heterocycles. The van der Waals surface area contributed by atoms with E-state index in [4.69, 9.17) is 16.2 Å². The van der Waals surface area contributed by atoms with Gasteiger partial charge in [0.2, 0.25) is 0 Å². The second-order valence-corrected chi connectivity index (χ2v) is 6.17. The van der Waals surface area contributed by atoms with Crippen molar-refractivity contribution in [3.8, 4) is 22.8 Å². The summed E-state index contributed by atoms with van der Waals surface area (Å²) in [6.45, 7) is 1.54. The minimum Gasteiger partial charge on any atom is -0.457 e. The number of hydrogen-bond donors (Lipinski definition) is 3. The average Bonchev–Trinajstić information content (AvgIpc) is 2.92. The maximum atomic E-state index is 11.9. The van der Waals surface area contributed by atoms with Crippen molar-refractivity contribution in [2.24, 2.45) is 5.73 Å². The number of hydrogen-bond acceptors (Lipinski definition) is 5. The van der Waals surface area contributed by atoms with E-state index in [1.54, 1.807) is 4.68 Å². The number of benzene rings is 2. The molecule has 0 spiro atoms. The van der Waals surface area contributed by atoms with Crippen LogP contribution in [-0.4, -0.2) is 28.8 Å². The predicted octanol–water partition coefficient (Wildman–Crippen LogP) is 2.17. The second kappa shape index (κ2) is 6.53. The summed E-state index contributed by atoms with van der Waals surface area (Å²) in [6, 6.07) is 17.0. The molecule has 0 saturated carbocycles. The highest BCUT2D eigenvalue weighted by Gasteiger charge is 2.28. The van der Waals surface area contributed by atoms with Gasteiger partial charge in [0, 0.05) is 18.7 Å². The van der Waals surface area contributed by atoms with Crippen molar-refractivity contribution in [2.75, 3.05) is 18.8 Å². The van der Waals surface area contributed by atoms with Gasteiger partial charge in [-0.3, -0.25) is 4.79 Å². The minimum absolute atomic E-state index is 0.141. The fourth-order valence-electron chi connectivity index (χ4n) is 2.92. The van der Waals surface area contributed by atoms with Gasteiger partial charge in [-0.25, -0.2) is 4.68 Å². The van der Waals surface area contributed by atoms with E-state index in [0.717, 1.165) is 24.4 Å². The molecule has 3 aromatic rings. The molecular weight excluding hydrogens is 330 g/mol. The summed E-state index contributed by atoms with van der Waals surface area (Å²) < 4.78 is 7.47. The summed E-state index contributed by atoms with van der Waals surface area (Å²) in [5.74, 6) is 1.17. The monoisotopic (exact) mass is 349 g/mol. The van der Waals surface area contributed by atoms with Gasteiger partial charge in [-0.2, -0.15) is 5.10 Å². The zero-order chi connectivity index (χ0) is 18.1. The number of carbonyl (C=O) groups excluding carboxylic acids is 1. The summed E-state index contributed by atoms with van der Waals surface area (Å²) in [5, 5.41) is 7.71. The number of amides is 1. The van der Waals surface area contributed by atoms with Crippen molar-refractivity contribution in [1.29, 1.82) is 0 Å². The first-order valence-electron chi connectivity index (χ1n) is 8.35. The number of rotatable bonds is 5. The van der Waals surface area contributed by atoms with Crippen LogP contribution in [0, 0.1) is 0 Å². The molecule has 7 heteroatoms. The van der Waals surface area contributed by atoms with Crippen molar-refractivity contribution >= 4 is 11.7 Å². The molecular formula is C19H19N5O2. The number of nitrogens with one attached hydrogen (secondary N) is 1. The molecule has 0 radical (unpaired) electrons. The normalized spacial score (nSPS) is 14.0. The summed E-state index contributed by atoms with van der Waals surface area (Å²) in [6.07, 6.45) is 0. The Morgan fingerprint density at radius 2 is 1.73 bits per heavy atom. The number of primary amides is 1. The molecule has 0 unspecified atom stereocenters. The number of anilines is 1. The van der Waals surface area contributed by atoms with Crippen LogP contribution >= 0.6 is 0 Å². The minimum atomic E-state index is -0.583. The number of aromatic nitrogens is 2. The lowest BCUT2D eigenvalue weighted by atomic mass is 10.1. The number of carbonyl (C=O) groups is 1. The fraction of sp³-hybridized carbons (Fsp3) is 0.158. The van der Waals surface area contributed by atoms with Gasteiger partial charge in [-0.1, -0.05) is 18.2 Å². The number of nitrogens with two attached hydrogens (primary N) is 2. The van der Waals surface area contributed by atoms with Crippen LogP contribution in [0.1, 0.15) is 16.4 Å². The number of ether oxygens (including phenoxy) is 1. The summed E-state index contributed by atoms with van der Waals surface area (Å²) in [5.41, 5.74) is 13.2. The SMILES string of the molecule is NC(=O)c1c(-c2ccc(Oc3ccccc3)cc2)nn(C2CNC2)c1N. The smallest absolute Gasteiger partial charge is 0.254 e. The molecule has 1 aliphatic rings. The topological polar surface area (TPSA) is 108 Å². The molecule has 0 bridgehead atoms.